The molecule has 1 aliphatic rings. The lowest BCUT2D eigenvalue weighted by molar-refractivity contribution is -0.00222. The van der Waals surface area contributed by atoms with Crippen LogP contribution in [0.1, 0.15) is 37.3 Å². The smallest absolute Gasteiger partial charge is 0.104 e. The Hall–Kier alpha value is -1.34. The third kappa shape index (κ3) is 5.51. The molecule has 0 bridgehead atoms. The monoisotopic (exact) mass is 287 g/mol. The van der Waals surface area contributed by atoms with Crippen molar-refractivity contribution in [3.8, 4) is 11.8 Å². The molecule has 1 N–H and O–H groups in total. The van der Waals surface area contributed by atoms with Crippen LogP contribution in [0.25, 0.3) is 0 Å². The second kappa shape index (κ2) is 8.84. The number of hydrogen-bond acceptors (Lipinski definition) is 3. The van der Waals surface area contributed by atoms with Crippen molar-refractivity contribution in [2.24, 2.45) is 0 Å². The second-order valence-electron chi connectivity index (χ2n) is 5.53. The molecule has 0 spiro atoms. The van der Waals surface area contributed by atoms with Crippen LogP contribution in [0.4, 0.5) is 0 Å². The van der Waals surface area contributed by atoms with Crippen LogP contribution in [0.15, 0.2) is 24.3 Å². The number of nitrogens with zero attached hydrogens (tertiary/aromatic N) is 1. The number of benzene rings is 1. The van der Waals surface area contributed by atoms with Gasteiger partial charge in [0, 0.05) is 25.3 Å². The van der Waals surface area contributed by atoms with Crippen molar-refractivity contribution in [2.45, 2.75) is 38.8 Å². The molecule has 0 aromatic heterocycles. The van der Waals surface area contributed by atoms with Gasteiger partial charge in [-0.05, 0) is 43.5 Å². The molecule has 2 rings (SSSR count). The summed E-state index contributed by atoms with van der Waals surface area (Å²) < 4.78 is 5.88. The first-order valence-corrected chi connectivity index (χ1v) is 7.84. The standard InChI is InChI=1S/C18H25NO2/c1-2-13-21-18-6-3-11-19(15-18)14-17-9-7-16(8-10-17)5-4-12-20/h7-10,18,20H,2-3,6,11-15H2,1H3. The summed E-state index contributed by atoms with van der Waals surface area (Å²) in [7, 11) is 0. The average Bonchev–Trinajstić information content (AvgIpc) is 2.53. The molecule has 1 atom stereocenters. The highest BCUT2D eigenvalue weighted by molar-refractivity contribution is 5.36. The maximum Gasteiger partial charge on any atom is 0.104 e. The summed E-state index contributed by atoms with van der Waals surface area (Å²) in [6.45, 7) is 6.09. The zero-order valence-electron chi connectivity index (χ0n) is 12.8. The fourth-order valence-electron chi connectivity index (χ4n) is 2.67. The Kier molecular flexibility index (Phi) is 6.75. The molecule has 0 aliphatic carbocycles. The van der Waals surface area contributed by atoms with Crippen LogP contribution >= 0.6 is 0 Å². The van der Waals surface area contributed by atoms with Crippen molar-refractivity contribution in [3.63, 3.8) is 0 Å². The molecule has 1 saturated heterocycles. The van der Waals surface area contributed by atoms with Gasteiger partial charge < -0.3 is 9.84 Å². The van der Waals surface area contributed by atoms with Crippen LogP contribution < -0.4 is 0 Å². The topological polar surface area (TPSA) is 32.7 Å². The number of aliphatic hydroxyl groups excluding tert-OH is 1. The zero-order chi connectivity index (χ0) is 14.9. The Morgan fingerprint density at radius 1 is 1.33 bits per heavy atom. The minimum absolute atomic E-state index is 0.0886. The number of hydrogen-bond donors (Lipinski definition) is 1. The van der Waals surface area contributed by atoms with Gasteiger partial charge >= 0.3 is 0 Å². The fraction of sp³-hybridized carbons (Fsp3) is 0.556. The molecule has 1 aliphatic heterocycles. The van der Waals surface area contributed by atoms with E-state index in [0.717, 1.165) is 38.2 Å². The minimum Gasteiger partial charge on any atom is -0.384 e. The van der Waals surface area contributed by atoms with Gasteiger partial charge in [0.05, 0.1) is 6.10 Å². The number of aliphatic hydroxyl groups is 1. The highest BCUT2D eigenvalue weighted by Crippen LogP contribution is 2.16. The first kappa shape index (κ1) is 16.0. The van der Waals surface area contributed by atoms with E-state index in [1.54, 1.807) is 0 Å². The van der Waals surface area contributed by atoms with Gasteiger partial charge in [-0.3, -0.25) is 4.90 Å². The Bertz CT molecular complexity index is 472. The zero-order valence-corrected chi connectivity index (χ0v) is 12.8. The number of rotatable bonds is 5. The number of ether oxygens (including phenoxy) is 1. The third-order valence-corrected chi connectivity index (χ3v) is 3.69. The van der Waals surface area contributed by atoms with E-state index in [4.69, 9.17) is 9.84 Å². The largest absolute Gasteiger partial charge is 0.384 e. The van der Waals surface area contributed by atoms with Crippen molar-refractivity contribution >= 4 is 0 Å². The molecule has 1 heterocycles. The minimum atomic E-state index is -0.0886. The summed E-state index contributed by atoms with van der Waals surface area (Å²) in [6, 6.07) is 8.29. The predicted molar refractivity (Wildman–Crippen MR) is 84.9 cm³/mol. The highest BCUT2D eigenvalue weighted by Gasteiger charge is 2.20. The maximum atomic E-state index is 8.69. The maximum absolute atomic E-state index is 8.69. The molecule has 1 unspecified atom stereocenters. The molecule has 1 aromatic rings. The van der Waals surface area contributed by atoms with Gasteiger partial charge in [-0.2, -0.15) is 0 Å². The van der Waals surface area contributed by atoms with E-state index in [0.29, 0.717) is 6.10 Å². The van der Waals surface area contributed by atoms with Gasteiger partial charge in [0.1, 0.15) is 6.61 Å². The van der Waals surface area contributed by atoms with Gasteiger partial charge in [0.15, 0.2) is 0 Å². The van der Waals surface area contributed by atoms with Gasteiger partial charge in [-0.25, -0.2) is 0 Å². The lowest BCUT2D eigenvalue weighted by atomic mass is 10.1. The second-order valence-corrected chi connectivity index (χ2v) is 5.53. The molecule has 0 saturated carbocycles. The molecule has 114 valence electrons. The van der Waals surface area contributed by atoms with E-state index in [9.17, 15) is 0 Å². The van der Waals surface area contributed by atoms with E-state index in [-0.39, 0.29) is 6.61 Å². The third-order valence-electron chi connectivity index (χ3n) is 3.69. The van der Waals surface area contributed by atoms with Gasteiger partial charge in [-0.15, -0.1) is 0 Å². The first-order chi connectivity index (χ1) is 10.3. The summed E-state index contributed by atoms with van der Waals surface area (Å²) in [5.41, 5.74) is 2.26. The van der Waals surface area contributed by atoms with Crippen LogP contribution in [-0.2, 0) is 11.3 Å². The normalized spacial score (nSPS) is 19.0. The Morgan fingerprint density at radius 2 is 2.14 bits per heavy atom. The van der Waals surface area contributed by atoms with Crippen LogP contribution in [0.3, 0.4) is 0 Å². The Labute approximate surface area is 127 Å². The summed E-state index contributed by atoms with van der Waals surface area (Å²) in [5, 5.41) is 8.69. The molecule has 21 heavy (non-hydrogen) atoms. The molecule has 3 nitrogen and oxygen atoms in total. The first-order valence-electron chi connectivity index (χ1n) is 7.84. The molecule has 0 radical (unpaired) electrons. The van der Waals surface area contributed by atoms with Gasteiger partial charge in [0.25, 0.3) is 0 Å². The quantitative estimate of drug-likeness (QED) is 0.844. The summed E-state index contributed by atoms with van der Waals surface area (Å²) in [6.07, 6.45) is 3.89. The van der Waals surface area contributed by atoms with Crippen molar-refractivity contribution in [3.05, 3.63) is 35.4 Å². The molecular formula is C18H25NO2. The summed E-state index contributed by atoms with van der Waals surface area (Å²) in [5.74, 6) is 5.59. The lowest BCUT2D eigenvalue weighted by Gasteiger charge is -2.32. The lowest BCUT2D eigenvalue weighted by Crippen LogP contribution is -2.39. The molecule has 1 fully saturated rings. The van der Waals surface area contributed by atoms with Crippen LogP contribution in [0, 0.1) is 11.8 Å². The predicted octanol–water partition coefficient (Wildman–Crippen LogP) is 2.42. The molecule has 1 aromatic carbocycles. The van der Waals surface area contributed by atoms with Crippen molar-refractivity contribution < 1.29 is 9.84 Å². The molecular weight excluding hydrogens is 262 g/mol. The van der Waals surface area contributed by atoms with E-state index in [1.807, 2.05) is 12.1 Å². The van der Waals surface area contributed by atoms with Gasteiger partial charge in [0.2, 0.25) is 0 Å². The van der Waals surface area contributed by atoms with Crippen molar-refractivity contribution in [1.82, 2.24) is 4.90 Å². The average molecular weight is 287 g/mol. The van der Waals surface area contributed by atoms with Crippen molar-refractivity contribution in [1.29, 1.82) is 0 Å². The van der Waals surface area contributed by atoms with Crippen LogP contribution in [-0.4, -0.2) is 42.4 Å². The van der Waals surface area contributed by atoms with E-state index >= 15 is 0 Å². The molecule has 0 amide bonds. The van der Waals surface area contributed by atoms with Crippen molar-refractivity contribution in [2.75, 3.05) is 26.3 Å². The molecule has 3 heteroatoms. The fourth-order valence-corrected chi connectivity index (χ4v) is 2.67. The Balaban J connectivity index is 1.85. The Morgan fingerprint density at radius 3 is 2.86 bits per heavy atom. The highest BCUT2D eigenvalue weighted by atomic mass is 16.5. The SMILES string of the molecule is CCCOC1CCCN(Cc2ccc(C#CCO)cc2)C1. The summed E-state index contributed by atoms with van der Waals surface area (Å²) in [4.78, 5) is 2.47. The van der Waals surface area contributed by atoms with Crippen LogP contribution in [0.5, 0.6) is 0 Å². The summed E-state index contributed by atoms with van der Waals surface area (Å²) >= 11 is 0. The number of likely N-dealkylation sites (tertiary alicyclic amines) is 1. The van der Waals surface area contributed by atoms with E-state index < -0.39 is 0 Å². The van der Waals surface area contributed by atoms with E-state index in [2.05, 4.69) is 35.8 Å². The number of piperidine rings is 1. The van der Waals surface area contributed by atoms with Gasteiger partial charge in [-0.1, -0.05) is 30.9 Å². The van der Waals surface area contributed by atoms with Crippen LogP contribution in [0.2, 0.25) is 0 Å². The van der Waals surface area contributed by atoms with E-state index in [1.165, 1.54) is 18.4 Å².